The molecule has 0 bridgehead atoms. The molecule has 5 nitrogen and oxygen atoms in total. The van der Waals surface area contributed by atoms with Crippen molar-refractivity contribution in [3.8, 4) is 0 Å². The normalized spacial score (nSPS) is 28.9. The van der Waals surface area contributed by atoms with Crippen molar-refractivity contribution in [3.05, 3.63) is 0 Å². The van der Waals surface area contributed by atoms with Crippen molar-refractivity contribution in [3.63, 3.8) is 0 Å². The summed E-state index contributed by atoms with van der Waals surface area (Å²) in [6.45, 7) is 4.16. The average Bonchev–Trinajstić information content (AvgIpc) is 2.28. The highest BCUT2D eigenvalue weighted by Gasteiger charge is 2.53. The van der Waals surface area contributed by atoms with Gasteiger partial charge < -0.3 is 4.90 Å². The van der Waals surface area contributed by atoms with Crippen LogP contribution in [-0.2, 0) is 14.8 Å². The second-order valence-electron chi connectivity index (χ2n) is 3.62. The van der Waals surface area contributed by atoms with Gasteiger partial charge in [0.15, 0.2) is 0 Å². The summed E-state index contributed by atoms with van der Waals surface area (Å²) in [5.41, 5.74) is 0. The summed E-state index contributed by atoms with van der Waals surface area (Å²) < 4.78 is 21.1. The Labute approximate surface area is 97.2 Å². The Balaban J connectivity index is 3.05. The van der Waals surface area contributed by atoms with Crippen LogP contribution in [0.4, 0.5) is 0 Å². The van der Waals surface area contributed by atoms with E-state index in [2.05, 4.69) is 0 Å². The molecule has 1 aliphatic rings. The molecule has 1 rings (SSSR count). The lowest BCUT2D eigenvalue weighted by molar-refractivity contribution is -0.129. The fourth-order valence-electron chi connectivity index (χ4n) is 1.44. The SMILES string of the molecule is CC(C)N1CCC(I)(S(N)(=O)=O)C1=O. The van der Waals surface area contributed by atoms with Crippen molar-refractivity contribution in [2.45, 2.75) is 29.1 Å². The largest absolute Gasteiger partial charge is 0.338 e. The van der Waals surface area contributed by atoms with Crippen LogP contribution in [0.2, 0.25) is 0 Å². The van der Waals surface area contributed by atoms with Gasteiger partial charge in [0, 0.05) is 19.0 Å². The molecule has 0 radical (unpaired) electrons. The Bertz CT molecular complexity index is 354. The number of hydrogen-bond donors (Lipinski definition) is 1. The summed E-state index contributed by atoms with van der Waals surface area (Å²) in [6, 6.07) is 0.0147. The minimum Gasteiger partial charge on any atom is -0.338 e. The third-order valence-corrected chi connectivity index (χ3v) is 6.45. The topological polar surface area (TPSA) is 80.5 Å². The first-order valence-electron chi connectivity index (χ1n) is 4.22. The van der Waals surface area contributed by atoms with Gasteiger partial charge in [0.1, 0.15) is 0 Å². The van der Waals surface area contributed by atoms with Gasteiger partial charge in [0.2, 0.25) is 12.8 Å². The minimum absolute atomic E-state index is 0.0147. The van der Waals surface area contributed by atoms with Crippen molar-refractivity contribution in [1.29, 1.82) is 0 Å². The molecule has 1 amide bonds. The van der Waals surface area contributed by atoms with E-state index in [4.69, 9.17) is 5.14 Å². The Kier molecular flexibility index (Phi) is 3.13. The lowest BCUT2D eigenvalue weighted by atomic mass is 10.3. The van der Waals surface area contributed by atoms with Crippen LogP contribution >= 0.6 is 22.6 Å². The number of rotatable bonds is 2. The van der Waals surface area contributed by atoms with Crippen molar-refractivity contribution in [1.82, 2.24) is 4.90 Å². The molecule has 0 saturated carbocycles. The van der Waals surface area contributed by atoms with Gasteiger partial charge in [0.25, 0.3) is 5.91 Å². The molecule has 1 heterocycles. The summed E-state index contributed by atoms with van der Waals surface area (Å²) in [6.07, 6.45) is 0.267. The highest BCUT2D eigenvalue weighted by Crippen LogP contribution is 2.36. The molecule has 2 N–H and O–H groups in total. The number of hydrogen-bond acceptors (Lipinski definition) is 3. The van der Waals surface area contributed by atoms with Crippen LogP contribution in [0.25, 0.3) is 0 Å². The molecule has 1 atom stereocenters. The third-order valence-electron chi connectivity index (χ3n) is 2.33. The van der Waals surface area contributed by atoms with Crippen LogP contribution in [0.5, 0.6) is 0 Å². The maximum Gasteiger partial charge on any atom is 0.255 e. The zero-order valence-corrected chi connectivity index (χ0v) is 11.0. The van der Waals surface area contributed by atoms with E-state index in [9.17, 15) is 13.2 Å². The zero-order valence-electron chi connectivity index (χ0n) is 8.03. The van der Waals surface area contributed by atoms with Crippen molar-refractivity contribution < 1.29 is 13.2 Å². The van der Waals surface area contributed by atoms with Crippen molar-refractivity contribution in [2.75, 3.05) is 6.54 Å². The number of nitrogens with two attached hydrogens (primary N) is 1. The molecule has 1 aliphatic heterocycles. The Hall–Kier alpha value is 0.110. The van der Waals surface area contributed by atoms with Crippen molar-refractivity contribution >= 4 is 38.5 Å². The van der Waals surface area contributed by atoms with E-state index < -0.39 is 18.7 Å². The highest BCUT2D eigenvalue weighted by atomic mass is 127. The molecule has 14 heavy (non-hydrogen) atoms. The number of amides is 1. The smallest absolute Gasteiger partial charge is 0.255 e. The molecule has 0 aliphatic carbocycles. The number of halogens is 1. The van der Waals surface area contributed by atoms with Gasteiger partial charge in [-0.3, -0.25) is 4.79 Å². The molecule has 1 unspecified atom stereocenters. The summed E-state index contributed by atoms with van der Waals surface area (Å²) in [7, 11) is -3.82. The van der Waals surface area contributed by atoms with Gasteiger partial charge in [-0.05, 0) is 36.4 Å². The van der Waals surface area contributed by atoms with E-state index >= 15 is 0 Å². The Morgan fingerprint density at radius 3 is 2.29 bits per heavy atom. The number of carbonyl (C=O) groups excluding carboxylic acids is 1. The van der Waals surface area contributed by atoms with Crippen molar-refractivity contribution in [2.24, 2.45) is 5.14 Å². The molecule has 7 heteroatoms. The second-order valence-corrected chi connectivity index (χ2v) is 7.98. The predicted molar refractivity (Wildman–Crippen MR) is 61.3 cm³/mol. The van der Waals surface area contributed by atoms with Crippen LogP contribution in [0.1, 0.15) is 20.3 Å². The van der Waals surface area contributed by atoms with Gasteiger partial charge in [0.05, 0.1) is 0 Å². The third kappa shape index (κ3) is 1.76. The van der Waals surface area contributed by atoms with E-state index in [0.717, 1.165) is 0 Å². The first-order chi connectivity index (χ1) is 6.20. The first-order valence-corrected chi connectivity index (χ1v) is 6.85. The molecule has 1 fully saturated rings. The van der Waals surface area contributed by atoms with E-state index in [1.54, 1.807) is 22.6 Å². The quantitative estimate of drug-likeness (QED) is 0.573. The number of primary sulfonamides is 1. The fourth-order valence-corrected chi connectivity index (χ4v) is 2.73. The average molecular weight is 332 g/mol. The fraction of sp³-hybridized carbons (Fsp3) is 0.857. The van der Waals surface area contributed by atoms with Crippen LogP contribution in [-0.4, -0.2) is 34.6 Å². The van der Waals surface area contributed by atoms with E-state index in [1.807, 2.05) is 13.8 Å². The molecular formula is C7H13IN2O3S. The maximum absolute atomic E-state index is 11.8. The van der Waals surface area contributed by atoms with Crippen LogP contribution in [0.15, 0.2) is 0 Å². The number of likely N-dealkylation sites (tertiary alicyclic amines) is 1. The van der Waals surface area contributed by atoms with Gasteiger partial charge in [-0.1, -0.05) is 0 Å². The molecule has 0 aromatic heterocycles. The summed E-state index contributed by atoms with van der Waals surface area (Å²) >= 11 is 1.64. The summed E-state index contributed by atoms with van der Waals surface area (Å²) in [4.78, 5) is 13.3. The molecule has 82 valence electrons. The number of carbonyl (C=O) groups is 1. The van der Waals surface area contributed by atoms with Crippen LogP contribution < -0.4 is 5.14 Å². The van der Waals surface area contributed by atoms with Crippen LogP contribution in [0, 0.1) is 0 Å². The Morgan fingerprint density at radius 1 is 1.57 bits per heavy atom. The van der Waals surface area contributed by atoms with Gasteiger partial charge in [-0.15, -0.1) is 0 Å². The Morgan fingerprint density at radius 2 is 2.07 bits per heavy atom. The number of sulfonamides is 1. The number of alkyl halides is 1. The maximum atomic E-state index is 11.8. The predicted octanol–water partition coefficient (Wildman–Crippen LogP) is 0.0469. The minimum atomic E-state index is -3.82. The lowest BCUT2D eigenvalue weighted by Crippen LogP contribution is -2.46. The van der Waals surface area contributed by atoms with Gasteiger partial charge in [-0.2, -0.15) is 0 Å². The zero-order chi connectivity index (χ0) is 11.1. The number of nitrogens with zero attached hydrogens (tertiary/aromatic N) is 1. The molecular weight excluding hydrogens is 319 g/mol. The van der Waals surface area contributed by atoms with Crippen LogP contribution in [0.3, 0.4) is 0 Å². The van der Waals surface area contributed by atoms with E-state index in [0.29, 0.717) is 6.54 Å². The molecule has 0 aromatic rings. The summed E-state index contributed by atoms with van der Waals surface area (Å²) in [5, 5.41) is 5.05. The monoisotopic (exact) mass is 332 g/mol. The standard InChI is InChI=1S/C7H13IN2O3S/c1-5(2)10-4-3-7(8,6(10)11)14(9,12)13/h5H,3-4H2,1-2H3,(H2,9,12,13). The lowest BCUT2D eigenvalue weighted by Gasteiger charge is -2.23. The molecule has 1 saturated heterocycles. The summed E-state index contributed by atoms with van der Waals surface area (Å²) in [5.74, 6) is -0.393. The van der Waals surface area contributed by atoms with Gasteiger partial charge >= 0.3 is 0 Å². The highest BCUT2D eigenvalue weighted by molar-refractivity contribution is 14.1. The van der Waals surface area contributed by atoms with E-state index in [-0.39, 0.29) is 12.5 Å². The molecule has 0 spiro atoms. The second kappa shape index (κ2) is 3.60. The van der Waals surface area contributed by atoms with E-state index in [1.165, 1.54) is 4.90 Å². The first kappa shape index (κ1) is 12.2. The van der Waals surface area contributed by atoms with Gasteiger partial charge in [-0.25, -0.2) is 13.6 Å². The molecule has 0 aromatic carbocycles.